The zero-order valence-corrected chi connectivity index (χ0v) is 16.5. The SMILES string of the molecule is COc1cccc(Oc2ccc(C(=O)N(C(C)C)C3CCCCC3)cc2)c1. The summed E-state index contributed by atoms with van der Waals surface area (Å²) in [5, 5.41) is 0. The molecule has 1 aliphatic carbocycles. The third kappa shape index (κ3) is 4.82. The van der Waals surface area contributed by atoms with Gasteiger partial charge in [0.1, 0.15) is 17.2 Å². The molecule has 27 heavy (non-hydrogen) atoms. The van der Waals surface area contributed by atoms with Crippen LogP contribution in [-0.2, 0) is 0 Å². The Bertz CT molecular complexity index is 748. The Hall–Kier alpha value is -2.49. The van der Waals surface area contributed by atoms with Gasteiger partial charge in [0.05, 0.1) is 7.11 Å². The van der Waals surface area contributed by atoms with Gasteiger partial charge in [-0.05, 0) is 63.1 Å². The van der Waals surface area contributed by atoms with E-state index in [-0.39, 0.29) is 11.9 Å². The van der Waals surface area contributed by atoms with Gasteiger partial charge in [-0.2, -0.15) is 0 Å². The van der Waals surface area contributed by atoms with Crippen molar-refractivity contribution in [1.82, 2.24) is 4.90 Å². The van der Waals surface area contributed by atoms with Crippen molar-refractivity contribution in [3.05, 3.63) is 54.1 Å². The second kappa shape index (κ2) is 8.94. The van der Waals surface area contributed by atoms with Crippen LogP contribution in [0.15, 0.2) is 48.5 Å². The minimum atomic E-state index is 0.116. The number of carbonyl (C=O) groups is 1. The summed E-state index contributed by atoms with van der Waals surface area (Å²) in [7, 11) is 1.63. The van der Waals surface area contributed by atoms with Crippen LogP contribution in [0.4, 0.5) is 0 Å². The van der Waals surface area contributed by atoms with Gasteiger partial charge in [0.25, 0.3) is 5.91 Å². The molecule has 4 nitrogen and oxygen atoms in total. The average Bonchev–Trinajstić information content (AvgIpc) is 2.69. The summed E-state index contributed by atoms with van der Waals surface area (Å²) < 4.78 is 11.1. The summed E-state index contributed by atoms with van der Waals surface area (Å²) >= 11 is 0. The molecule has 4 heteroatoms. The first kappa shape index (κ1) is 19.3. The van der Waals surface area contributed by atoms with Crippen molar-refractivity contribution in [2.75, 3.05) is 7.11 Å². The van der Waals surface area contributed by atoms with E-state index < -0.39 is 0 Å². The van der Waals surface area contributed by atoms with Gasteiger partial charge in [-0.25, -0.2) is 0 Å². The first-order valence-electron chi connectivity index (χ1n) is 9.83. The second-order valence-corrected chi connectivity index (χ2v) is 7.40. The molecule has 0 aromatic heterocycles. The number of carbonyl (C=O) groups excluding carboxylic acids is 1. The van der Waals surface area contributed by atoms with Gasteiger partial charge < -0.3 is 14.4 Å². The lowest BCUT2D eigenvalue weighted by Gasteiger charge is -2.37. The predicted molar refractivity (Wildman–Crippen MR) is 108 cm³/mol. The average molecular weight is 367 g/mol. The topological polar surface area (TPSA) is 38.8 Å². The van der Waals surface area contributed by atoms with Crippen molar-refractivity contribution in [1.29, 1.82) is 0 Å². The van der Waals surface area contributed by atoms with Crippen molar-refractivity contribution >= 4 is 5.91 Å². The molecular formula is C23H29NO3. The molecule has 2 aromatic rings. The molecule has 3 rings (SSSR count). The summed E-state index contributed by atoms with van der Waals surface area (Å²) in [6, 6.07) is 15.5. The number of nitrogens with zero attached hydrogens (tertiary/aromatic N) is 1. The largest absolute Gasteiger partial charge is 0.497 e. The van der Waals surface area contributed by atoms with Crippen LogP contribution in [0.3, 0.4) is 0 Å². The van der Waals surface area contributed by atoms with Crippen LogP contribution in [0.1, 0.15) is 56.3 Å². The van der Waals surface area contributed by atoms with Gasteiger partial charge in [-0.1, -0.05) is 25.3 Å². The minimum absolute atomic E-state index is 0.116. The Kier molecular flexibility index (Phi) is 6.38. The van der Waals surface area contributed by atoms with Crippen molar-refractivity contribution < 1.29 is 14.3 Å². The van der Waals surface area contributed by atoms with Crippen LogP contribution in [0, 0.1) is 0 Å². The summed E-state index contributed by atoms with van der Waals surface area (Å²) in [5.74, 6) is 2.28. The van der Waals surface area contributed by atoms with E-state index >= 15 is 0 Å². The Morgan fingerprint density at radius 3 is 2.26 bits per heavy atom. The van der Waals surface area contributed by atoms with Crippen LogP contribution in [-0.4, -0.2) is 30.0 Å². The lowest BCUT2D eigenvalue weighted by Crippen LogP contribution is -2.45. The van der Waals surface area contributed by atoms with Gasteiger partial charge in [-0.3, -0.25) is 4.79 Å². The van der Waals surface area contributed by atoms with E-state index in [4.69, 9.17) is 9.47 Å². The Labute approximate surface area is 162 Å². The molecule has 1 amide bonds. The smallest absolute Gasteiger partial charge is 0.254 e. The van der Waals surface area contributed by atoms with Gasteiger partial charge in [0, 0.05) is 23.7 Å². The highest BCUT2D eigenvalue weighted by atomic mass is 16.5. The molecule has 0 unspecified atom stereocenters. The Morgan fingerprint density at radius 2 is 1.63 bits per heavy atom. The maximum Gasteiger partial charge on any atom is 0.254 e. The zero-order valence-electron chi connectivity index (χ0n) is 16.5. The van der Waals surface area contributed by atoms with Crippen LogP contribution < -0.4 is 9.47 Å². The number of hydrogen-bond acceptors (Lipinski definition) is 3. The van der Waals surface area contributed by atoms with E-state index in [1.165, 1.54) is 19.3 Å². The monoisotopic (exact) mass is 367 g/mol. The summed E-state index contributed by atoms with van der Waals surface area (Å²) in [5.41, 5.74) is 0.715. The van der Waals surface area contributed by atoms with E-state index in [2.05, 4.69) is 18.7 Å². The van der Waals surface area contributed by atoms with E-state index in [1.807, 2.05) is 48.5 Å². The third-order valence-electron chi connectivity index (χ3n) is 5.14. The summed E-state index contributed by atoms with van der Waals surface area (Å²) in [4.78, 5) is 15.2. The van der Waals surface area contributed by atoms with E-state index in [1.54, 1.807) is 7.11 Å². The number of hydrogen-bond donors (Lipinski definition) is 0. The number of amides is 1. The lowest BCUT2D eigenvalue weighted by molar-refractivity contribution is 0.0555. The molecule has 1 fully saturated rings. The van der Waals surface area contributed by atoms with Crippen molar-refractivity contribution in [3.8, 4) is 17.2 Å². The molecule has 1 aliphatic rings. The van der Waals surface area contributed by atoms with Crippen molar-refractivity contribution in [2.45, 2.75) is 58.0 Å². The lowest BCUT2D eigenvalue weighted by atomic mass is 9.93. The molecule has 0 heterocycles. The van der Waals surface area contributed by atoms with Crippen LogP contribution in [0.5, 0.6) is 17.2 Å². The summed E-state index contributed by atoms with van der Waals surface area (Å²) in [6.07, 6.45) is 5.94. The zero-order chi connectivity index (χ0) is 19.2. The van der Waals surface area contributed by atoms with Crippen LogP contribution >= 0.6 is 0 Å². The highest BCUT2D eigenvalue weighted by Gasteiger charge is 2.28. The van der Waals surface area contributed by atoms with E-state index in [0.29, 0.717) is 23.1 Å². The van der Waals surface area contributed by atoms with Crippen LogP contribution in [0.25, 0.3) is 0 Å². The number of rotatable bonds is 6. The summed E-state index contributed by atoms with van der Waals surface area (Å²) in [6.45, 7) is 4.21. The van der Waals surface area contributed by atoms with Crippen LogP contribution in [0.2, 0.25) is 0 Å². The Morgan fingerprint density at radius 1 is 0.963 bits per heavy atom. The quantitative estimate of drug-likeness (QED) is 0.660. The van der Waals surface area contributed by atoms with Gasteiger partial charge in [0.2, 0.25) is 0 Å². The highest BCUT2D eigenvalue weighted by molar-refractivity contribution is 5.94. The maximum absolute atomic E-state index is 13.1. The molecule has 0 saturated heterocycles. The molecule has 2 aromatic carbocycles. The fourth-order valence-electron chi connectivity index (χ4n) is 3.80. The minimum Gasteiger partial charge on any atom is -0.497 e. The van der Waals surface area contributed by atoms with Gasteiger partial charge in [-0.15, -0.1) is 0 Å². The normalized spacial score (nSPS) is 14.8. The predicted octanol–water partition coefficient (Wildman–Crippen LogP) is 5.67. The fraction of sp³-hybridized carbons (Fsp3) is 0.435. The molecule has 0 N–H and O–H groups in total. The number of benzene rings is 2. The van der Waals surface area contributed by atoms with Crippen molar-refractivity contribution in [2.24, 2.45) is 0 Å². The molecule has 0 bridgehead atoms. The first-order chi connectivity index (χ1) is 13.1. The van der Waals surface area contributed by atoms with Gasteiger partial charge >= 0.3 is 0 Å². The molecule has 1 saturated carbocycles. The molecular weight excluding hydrogens is 338 g/mol. The Balaban J connectivity index is 1.72. The van der Waals surface area contributed by atoms with Crippen molar-refractivity contribution in [3.63, 3.8) is 0 Å². The molecule has 0 atom stereocenters. The standard InChI is InChI=1S/C23H29NO3/c1-17(2)24(19-8-5-4-6-9-19)23(25)18-12-14-20(15-13-18)27-22-11-7-10-21(16-22)26-3/h7,10-17,19H,4-6,8-9H2,1-3H3. The number of ether oxygens (including phenoxy) is 2. The molecule has 0 aliphatic heterocycles. The van der Waals surface area contributed by atoms with E-state index in [0.717, 1.165) is 18.6 Å². The van der Waals surface area contributed by atoms with E-state index in [9.17, 15) is 4.79 Å². The van der Waals surface area contributed by atoms with Gasteiger partial charge in [0.15, 0.2) is 0 Å². The number of methoxy groups -OCH3 is 1. The second-order valence-electron chi connectivity index (χ2n) is 7.40. The fourth-order valence-corrected chi connectivity index (χ4v) is 3.80. The maximum atomic E-state index is 13.1. The highest BCUT2D eigenvalue weighted by Crippen LogP contribution is 2.28. The third-order valence-corrected chi connectivity index (χ3v) is 5.14. The molecule has 0 spiro atoms. The first-order valence-corrected chi connectivity index (χ1v) is 9.83. The molecule has 144 valence electrons. The molecule has 0 radical (unpaired) electrons.